The molecule has 1 N–H and O–H groups in total. The predicted octanol–water partition coefficient (Wildman–Crippen LogP) is 4.71. The Morgan fingerprint density at radius 1 is 1.27 bits per heavy atom. The standard InChI is InChI=1S/C19H23NOS/c1-2-5-14-9-11-15(12-10-14)18(17-8-4-13-22-17)20-19(21)16-6-3-7-16/h4,8-13,16,18H,2-3,5-7H2,1H3,(H,20,21)/t18-/m0/s1. The van der Waals surface area contributed by atoms with Crippen LogP contribution in [0.25, 0.3) is 0 Å². The van der Waals surface area contributed by atoms with Crippen molar-refractivity contribution in [3.8, 4) is 0 Å². The summed E-state index contributed by atoms with van der Waals surface area (Å²) in [7, 11) is 0. The largest absolute Gasteiger partial charge is 0.344 e. The van der Waals surface area contributed by atoms with Crippen LogP contribution in [-0.2, 0) is 11.2 Å². The van der Waals surface area contributed by atoms with E-state index in [9.17, 15) is 4.79 Å². The minimum atomic E-state index is -0.0104. The minimum absolute atomic E-state index is 0.0104. The zero-order valence-corrected chi connectivity index (χ0v) is 13.9. The van der Waals surface area contributed by atoms with Gasteiger partial charge in [-0.05, 0) is 41.8 Å². The van der Waals surface area contributed by atoms with Crippen molar-refractivity contribution >= 4 is 17.2 Å². The summed E-state index contributed by atoms with van der Waals surface area (Å²) in [4.78, 5) is 13.6. The fourth-order valence-corrected chi connectivity index (χ4v) is 3.67. The van der Waals surface area contributed by atoms with Crippen LogP contribution >= 0.6 is 11.3 Å². The molecule has 0 unspecified atom stereocenters. The molecule has 3 rings (SSSR count). The summed E-state index contributed by atoms with van der Waals surface area (Å²) in [5.41, 5.74) is 2.54. The Balaban J connectivity index is 1.80. The van der Waals surface area contributed by atoms with Gasteiger partial charge in [0.1, 0.15) is 0 Å². The molecule has 2 nitrogen and oxygen atoms in total. The second kappa shape index (κ2) is 7.10. The molecule has 0 saturated heterocycles. The first-order valence-corrected chi connectivity index (χ1v) is 9.08. The van der Waals surface area contributed by atoms with Gasteiger partial charge in [0, 0.05) is 10.8 Å². The highest BCUT2D eigenvalue weighted by molar-refractivity contribution is 7.10. The van der Waals surface area contributed by atoms with E-state index < -0.39 is 0 Å². The lowest BCUT2D eigenvalue weighted by Crippen LogP contribution is -2.37. The number of carbonyl (C=O) groups excluding carboxylic acids is 1. The SMILES string of the molecule is CCCc1ccc([C@H](NC(=O)C2CCC2)c2cccs2)cc1. The van der Waals surface area contributed by atoms with E-state index in [-0.39, 0.29) is 17.9 Å². The van der Waals surface area contributed by atoms with Crippen LogP contribution in [-0.4, -0.2) is 5.91 Å². The Labute approximate surface area is 136 Å². The van der Waals surface area contributed by atoms with Crippen LogP contribution < -0.4 is 5.32 Å². The van der Waals surface area contributed by atoms with E-state index in [1.807, 2.05) is 6.07 Å². The van der Waals surface area contributed by atoms with Crippen molar-refractivity contribution in [2.75, 3.05) is 0 Å². The first-order chi connectivity index (χ1) is 10.8. The van der Waals surface area contributed by atoms with Crippen molar-refractivity contribution in [3.63, 3.8) is 0 Å². The van der Waals surface area contributed by atoms with Crippen molar-refractivity contribution in [2.24, 2.45) is 5.92 Å². The van der Waals surface area contributed by atoms with E-state index in [2.05, 4.69) is 48.0 Å². The Morgan fingerprint density at radius 3 is 2.59 bits per heavy atom. The number of benzene rings is 1. The number of carbonyl (C=O) groups is 1. The normalized spacial score (nSPS) is 16.0. The Morgan fingerprint density at radius 2 is 2.05 bits per heavy atom. The Hall–Kier alpha value is -1.61. The third-order valence-electron chi connectivity index (χ3n) is 4.44. The molecule has 22 heavy (non-hydrogen) atoms. The maximum absolute atomic E-state index is 12.4. The summed E-state index contributed by atoms with van der Waals surface area (Å²) >= 11 is 1.70. The second-order valence-corrected chi connectivity index (χ2v) is 7.06. The fourth-order valence-electron chi connectivity index (χ4n) is 2.87. The van der Waals surface area contributed by atoms with Crippen molar-refractivity contribution < 1.29 is 4.79 Å². The maximum atomic E-state index is 12.4. The molecule has 116 valence electrons. The maximum Gasteiger partial charge on any atom is 0.223 e. The molecule has 0 bridgehead atoms. The number of aryl methyl sites for hydroxylation is 1. The van der Waals surface area contributed by atoms with Crippen molar-refractivity contribution in [1.29, 1.82) is 0 Å². The Kier molecular flexibility index (Phi) is 4.94. The van der Waals surface area contributed by atoms with Crippen molar-refractivity contribution in [1.82, 2.24) is 5.32 Å². The quantitative estimate of drug-likeness (QED) is 0.822. The third kappa shape index (κ3) is 3.41. The molecule has 1 aromatic heterocycles. The lowest BCUT2D eigenvalue weighted by Gasteiger charge is -2.27. The van der Waals surface area contributed by atoms with E-state index in [0.717, 1.165) is 25.7 Å². The zero-order chi connectivity index (χ0) is 15.4. The topological polar surface area (TPSA) is 29.1 Å². The monoisotopic (exact) mass is 313 g/mol. The summed E-state index contributed by atoms with van der Waals surface area (Å²) in [6, 6.07) is 12.9. The number of hydrogen-bond donors (Lipinski definition) is 1. The van der Waals surface area contributed by atoms with E-state index in [1.165, 1.54) is 22.4 Å². The van der Waals surface area contributed by atoms with Gasteiger partial charge in [0.25, 0.3) is 0 Å². The van der Waals surface area contributed by atoms with Gasteiger partial charge < -0.3 is 5.32 Å². The van der Waals surface area contributed by atoms with E-state index in [4.69, 9.17) is 0 Å². The number of amides is 1. The van der Waals surface area contributed by atoms with Crippen LogP contribution in [0, 0.1) is 5.92 Å². The summed E-state index contributed by atoms with van der Waals surface area (Å²) in [5.74, 6) is 0.434. The Bertz CT molecular complexity index is 599. The highest BCUT2D eigenvalue weighted by Crippen LogP contribution is 2.30. The fraction of sp³-hybridized carbons (Fsp3) is 0.421. The average Bonchev–Trinajstić information content (AvgIpc) is 2.98. The first-order valence-electron chi connectivity index (χ1n) is 8.20. The molecule has 1 aromatic carbocycles. The number of nitrogens with one attached hydrogen (secondary N) is 1. The lowest BCUT2D eigenvalue weighted by molar-refractivity contribution is -0.127. The average molecular weight is 313 g/mol. The van der Waals surface area contributed by atoms with Gasteiger partial charge in [-0.3, -0.25) is 4.79 Å². The zero-order valence-electron chi connectivity index (χ0n) is 13.0. The van der Waals surface area contributed by atoms with Crippen LogP contribution in [0.1, 0.15) is 54.7 Å². The van der Waals surface area contributed by atoms with Gasteiger partial charge in [0.2, 0.25) is 5.91 Å². The van der Waals surface area contributed by atoms with Gasteiger partial charge in [0.05, 0.1) is 6.04 Å². The molecule has 1 aliphatic carbocycles. The first kappa shape index (κ1) is 15.3. The molecule has 3 heteroatoms. The molecule has 1 amide bonds. The van der Waals surface area contributed by atoms with Gasteiger partial charge in [-0.25, -0.2) is 0 Å². The second-order valence-electron chi connectivity index (χ2n) is 6.08. The van der Waals surface area contributed by atoms with E-state index in [1.54, 1.807) is 11.3 Å². The van der Waals surface area contributed by atoms with E-state index >= 15 is 0 Å². The van der Waals surface area contributed by atoms with Gasteiger partial charge >= 0.3 is 0 Å². The molecule has 1 saturated carbocycles. The molecule has 1 atom stereocenters. The van der Waals surface area contributed by atoms with E-state index in [0.29, 0.717) is 0 Å². The van der Waals surface area contributed by atoms with Crippen molar-refractivity contribution in [3.05, 3.63) is 57.8 Å². The summed E-state index contributed by atoms with van der Waals surface area (Å²) < 4.78 is 0. The van der Waals surface area contributed by atoms with Gasteiger partial charge in [-0.2, -0.15) is 0 Å². The number of rotatable bonds is 6. The molecule has 1 heterocycles. The summed E-state index contributed by atoms with van der Waals surface area (Å²) in [6.45, 7) is 2.20. The highest BCUT2D eigenvalue weighted by atomic mass is 32.1. The van der Waals surface area contributed by atoms with Crippen LogP contribution in [0.15, 0.2) is 41.8 Å². The molecule has 1 aliphatic rings. The van der Waals surface area contributed by atoms with Crippen LogP contribution in [0.5, 0.6) is 0 Å². The summed E-state index contributed by atoms with van der Waals surface area (Å²) in [6.07, 6.45) is 5.54. The molecule has 0 radical (unpaired) electrons. The van der Waals surface area contributed by atoms with Gasteiger partial charge in [0.15, 0.2) is 0 Å². The molecular formula is C19H23NOS. The lowest BCUT2D eigenvalue weighted by atomic mass is 9.84. The molecular weight excluding hydrogens is 290 g/mol. The molecule has 2 aromatic rings. The third-order valence-corrected chi connectivity index (χ3v) is 5.38. The molecule has 1 fully saturated rings. The smallest absolute Gasteiger partial charge is 0.223 e. The predicted molar refractivity (Wildman–Crippen MR) is 92.1 cm³/mol. The van der Waals surface area contributed by atoms with Crippen LogP contribution in [0.3, 0.4) is 0 Å². The van der Waals surface area contributed by atoms with Crippen LogP contribution in [0.4, 0.5) is 0 Å². The molecule has 0 spiro atoms. The highest BCUT2D eigenvalue weighted by Gasteiger charge is 2.28. The van der Waals surface area contributed by atoms with Gasteiger partial charge in [-0.15, -0.1) is 11.3 Å². The van der Waals surface area contributed by atoms with Crippen molar-refractivity contribution in [2.45, 2.75) is 45.1 Å². The number of thiophene rings is 1. The van der Waals surface area contributed by atoms with Crippen LogP contribution in [0.2, 0.25) is 0 Å². The summed E-state index contributed by atoms with van der Waals surface area (Å²) in [5, 5.41) is 5.33. The minimum Gasteiger partial charge on any atom is -0.344 e. The van der Waals surface area contributed by atoms with Gasteiger partial charge in [-0.1, -0.05) is 50.1 Å². The molecule has 0 aliphatic heterocycles. The number of hydrogen-bond acceptors (Lipinski definition) is 2.